The zero-order valence-corrected chi connectivity index (χ0v) is 61.9. The van der Waals surface area contributed by atoms with E-state index >= 15 is 19.2 Å². The Balaban J connectivity index is 1.06. The maximum Gasteiger partial charge on any atom is 0.326 e. The monoisotopic (exact) mass is 1450 g/mol. The molecule has 10 N–H and O–H groups in total. The average Bonchev–Trinajstić information content (AvgIpc) is 1.68. The number of hydrogen-bond acceptors (Lipinski definition) is 15. The molecule has 2 fully saturated rings. The fraction of sp³-hybridized carbons (Fsp3) is 0.438. The lowest BCUT2D eigenvalue weighted by Crippen LogP contribution is -2.61. The van der Waals surface area contributed by atoms with Gasteiger partial charge in [0.1, 0.15) is 60.7 Å². The number of likely N-dealkylation sites (N-methyl/N-ethyl adjacent to an activating group) is 3. The van der Waals surface area contributed by atoms with E-state index in [4.69, 9.17) is 9.47 Å². The molecular formula is C80H99N11O15. The van der Waals surface area contributed by atoms with Crippen molar-refractivity contribution in [3.8, 4) is 5.75 Å². The summed E-state index contributed by atoms with van der Waals surface area (Å²) in [5.41, 5.74) is 0.463. The summed E-state index contributed by atoms with van der Waals surface area (Å²) in [7, 11) is 4.70. The van der Waals surface area contributed by atoms with Gasteiger partial charge < -0.3 is 76.9 Å². The highest BCUT2D eigenvalue weighted by Crippen LogP contribution is 2.32. The van der Waals surface area contributed by atoms with Crippen LogP contribution in [0.25, 0.3) is 21.5 Å². The fourth-order valence-electron chi connectivity index (χ4n) is 13.3. The van der Waals surface area contributed by atoms with E-state index in [0.717, 1.165) is 21.5 Å². The van der Waals surface area contributed by atoms with Crippen LogP contribution < -0.4 is 47.3 Å². The maximum atomic E-state index is 15.3. The number of nitrogens with one attached hydrogen (secondary N) is 8. The molecule has 6 aliphatic heterocycles. The van der Waals surface area contributed by atoms with Crippen LogP contribution in [0.4, 0.5) is 0 Å². The lowest BCUT2D eigenvalue weighted by atomic mass is 9.85. The lowest BCUT2D eigenvalue weighted by molar-refractivity contribution is -0.145. The molecule has 12 rings (SSSR count). The third-order valence-corrected chi connectivity index (χ3v) is 20.0. The van der Waals surface area contributed by atoms with Crippen molar-refractivity contribution in [2.24, 2.45) is 10.8 Å². The molecule has 2 saturated heterocycles. The predicted octanol–water partition coefficient (Wildman–Crippen LogP) is 4.63. The predicted molar refractivity (Wildman–Crippen MR) is 399 cm³/mol. The van der Waals surface area contributed by atoms with Gasteiger partial charge in [-0.25, -0.2) is 9.59 Å². The van der Waals surface area contributed by atoms with E-state index in [9.17, 15) is 43.8 Å². The Bertz CT molecular complexity index is 4250. The number of hydrogen-bond donors (Lipinski definition) is 10. The Morgan fingerprint density at radius 1 is 0.528 bits per heavy atom. The van der Waals surface area contributed by atoms with E-state index < -0.39 is 148 Å². The molecule has 8 bridgehead atoms. The van der Waals surface area contributed by atoms with Crippen molar-refractivity contribution in [1.29, 1.82) is 0 Å². The number of fused-ring (bicyclic) bond motifs is 2. The number of benzene rings is 6. The average molecular weight is 1450 g/mol. The van der Waals surface area contributed by atoms with E-state index in [-0.39, 0.29) is 70.4 Å². The van der Waals surface area contributed by atoms with Crippen LogP contribution in [0.3, 0.4) is 0 Å². The largest absolute Gasteiger partial charge is 0.490 e. The zero-order chi connectivity index (χ0) is 76.9. The molecule has 26 nitrogen and oxygen atoms in total. The van der Waals surface area contributed by atoms with Crippen LogP contribution >= 0.6 is 0 Å². The maximum absolute atomic E-state index is 15.3. The van der Waals surface area contributed by atoms with Crippen molar-refractivity contribution in [1.82, 2.24) is 57.2 Å². The van der Waals surface area contributed by atoms with Crippen molar-refractivity contribution in [2.45, 2.75) is 166 Å². The van der Waals surface area contributed by atoms with Crippen LogP contribution in [0.1, 0.15) is 101 Å². The van der Waals surface area contributed by atoms with Crippen molar-refractivity contribution < 1.29 is 72.4 Å². The molecule has 0 aliphatic carbocycles. The number of carbonyl (C=O) groups excluding carboxylic acids is 9. The van der Waals surface area contributed by atoms with Gasteiger partial charge in [-0.05, 0) is 119 Å². The second-order valence-corrected chi connectivity index (χ2v) is 29.9. The van der Waals surface area contributed by atoms with E-state index in [1.165, 1.54) is 46.0 Å². The first-order valence-corrected chi connectivity index (χ1v) is 35.8. The summed E-state index contributed by atoms with van der Waals surface area (Å²) in [4.78, 5) is 163. The van der Waals surface area contributed by atoms with Crippen molar-refractivity contribution in [3.05, 3.63) is 173 Å². The molecule has 0 saturated carbocycles. The molecule has 26 heteroatoms. The van der Waals surface area contributed by atoms with Crippen LogP contribution in [0.2, 0.25) is 0 Å². The number of rotatable bonds is 14. The summed E-state index contributed by atoms with van der Waals surface area (Å²) >= 11 is 0. The van der Waals surface area contributed by atoms with Crippen molar-refractivity contribution in [3.63, 3.8) is 0 Å². The first-order chi connectivity index (χ1) is 50.3. The minimum absolute atomic E-state index is 0.00596. The van der Waals surface area contributed by atoms with Gasteiger partial charge in [-0.3, -0.25) is 43.2 Å². The third-order valence-electron chi connectivity index (χ3n) is 20.0. The molecule has 564 valence electrons. The van der Waals surface area contributed by atoms with E-state index in [1.807, 2.05) is 72.8 Å². The fourth-order valence-corrected chi connectivity index (χ4v) is 13.3. The minimum Gasteiger partial charge on any atom is -0.490 e. The van der Waals surface area contributed by atoms with Gasteiger partial charge in [-0.1, -0.05) is 157 Å². The molecular weight excluding hydrogens is 1350 g/mol. The van der Waals surface area contributed by atoms with Crippen LogP contribution in [0, 0.1) is 10.8 Å². The normalized spacial score (nSPS) is 22.7. The molecule has 6 aromatic carbocycles. The topological polar surface area (TPSA) is 353 Å². The van der Waals surface area contributed by atoms with E-state index in [2.05, 4.69) is 42.5 Å². The van der Waals surface area contributed by atoms with Gasteiger partial charge in [0.2, 0.25) is 47.3 Å². The molecule has 0 radical (unpaired) electrons. The number of nitrogens with zero attached hydrogens (tertiary/aromatic N) is 3. The number of carboxylic acid groups (broad SMARTS) is 2. The lowest BCUT2D eigenvalue weighted by Gasteiger charge is -2.36. The van der Waals surface area contributed by atoms with Crippen LogP contribution in [0.5, 0.6) is 5.75 Å². The number of aliphatic carboxylic acids is 2. The van der Waals surface area contributed by atoms with Crippen LogP contribution in [-0.2, 0) is 78.4 Å². The number of carbonyl (C=O) groups is 11. The molecule has 106 heavy (non-hydrogen) atoms. The Morgan fingerprint density at radius 2 is 0.953 bits per heavy atom. The molecule has 0 aromatic heterocycles. The highest BCUT2D eigenvalue weighted by molar-refractivity contribution is 5.99. The summed E-state index contributed by atoms with van der Waals surface area (Å²) in [6, 6.07) is 25.6. The number of carboxylic acids is 2. The molecule has 0 spiro atoms. The molecule has 9 amide bonds. The minimum atomic E-state index is -1.59. The first-order valence-electron chi connectivity index (χ1n) is 35.8. The van der Waals surface area contributed by atoms with Crippen molar-refractivity contribution in [2.75, 3.05) is 47.4 Å². The number of amides is 9. The van der Waals surface area contributed by atoms with Gasteiger partial charge >= 0.3 is 11.9 Å². The zero-order valence-electron chi connectivity index (χ0n) is 61.9. The molecule has 6 aliphatic rings. The Labute approximate surface area is 617 Å². The summed E-state index contributed by atoms with van der Waals surface area (Å²) in [5, 5.41) is 47.6. The number of likely N-dealkylation sites (tertiary alicyclic amines) is 2. The van der Waals surface area contributed by atoms with Crippen LogP contribution in [0.15, 0.2) is 146 Å². The highest BCUT2D eigenvalue weighted by atomic mass is 16.5. The molecule has 1 unspecified atom stereocenters. The SMILES string of the molecule is CN[C@@H](C)C(=O)N[C@H](C(=O)N1CC2C[C@H]1C(=O)N[C@@H](Cc1ccc3ccccc3c1)C(=O)N[C@H](C(=O)O)Cc1ccc(cc1)C(=O)N(C)[C@H]1C[C@@H](C(=O)N[C@@H](Cc3ccc4ccccc4c3)C(=O)N[C@H](C(=O)O)Cc3ccc(cc3)OC/C=C/CO2)N(C(=O)[C@@H](NC(=O)[C@H](C)NC)C(C)(C)C)C1)C(C)(C)C. The quantitative estimate of drug-likeness (QED) is 0.0665. The van der Waals surface area contributed by atoms with Gasteiger partial charge in [0, 0.05) is 57.8 Å². The first kappa shape index (κ1) is 79.5. The van der Waals surface area contributed by atoms with Crippen molar-refractivity contribution >= 4 is 86.6 Å². The summed E-state index contributed by atoms with van der Waals surface area (Å²) in [6.07, 6.45) is 1.75. The van der Waals surface area contributed by atoms with Gasteiger partial charge in [0.25, 0.3) is 5.91 Å². The van der Waals surface area contributed by atoms with Gasteiger partial charge in [0.15, 0.2) is 0 Å². The van der Waals surface area contributed by atoms with Crippen LogP contribution in [-0.4, -0.2) is 210 Å². The molecule has 6 aromatic rings. The summed E-state index contributed by atoms with van der Waals surface area (Å²) in [6.45, 7) is 13.6. The summed E-state index contributed by atoms with van der Waals surface area (Å²) < 4.78 is 12.3. The standard InChI is InChI=1S/C80H99N11O15/c1-46(81-9)68(92)87-66(79(3,4)5)75(99)90-44-57-42-64(90)72(96)83-60(40-50-24-28-52-18-12-14-20-55(52)36-50)70(94)86-63(78(103)104)39-49-26-32-58(33-27-49)105-34-16-17-35-106-59-43-65(91(45-59)76(100)67(80(6,7)8)88-69(93)47(2)82-10)73(97)84-61(41-51-25-29-53-19-13-15-21-56(53)37-51)71(95)85-62(77(101)102)38-48-22-30-54(31-23-48)74(98)89(57)11/h12-33,36-37,46-47,57,59-67,81-82H,34-35,38-45H2,1-11H3,(H,83,96)(H,84,97)(H,85,95)(H,86,94)(H,87,92)(H,88,93)(H,101,102)(H,103,104)/b17-16+/t46-,47-,57-,59?,60-,61-,62-,63-,64-,65-,66+,67+/m0/s1. The Hall–Kier alpha value is -10.6. The van der Waals surface area contributed by atoms with E-state index in [0.29, 0.717) is 28.0 Å². The molecule has 12 atom stereocenters. The second kappa shape index (κ2) is 35.0. The number of ether oxygens (including phenoxy) is 2. The van der Waals surface area contributed by atoms with E-state index in [1.54, 1.807) is 118 Å². The van der Waals surface area contributed by atoms with Gasteiger partial charge in [0.05, 0.1) is 30.8 Å². The summed E-state index contributed by atoms with van der Waals surface area (Å²) in [5.74, 6) is -8.31. The van der Waals surface area contributed by atoms with Gasteiger partial charge in [-0.15, -0.1) is 0 Å². The Kier molecular flexibility index (Phi) is 26.3. The Morgan fingerprint density at radius 3 is 1.40 bits per heavy atom. The van der Waals surface area contributed by atoms with Gasteiger partial charge in [-0.2, -0.15) is 0 Å². The second-order valence-electron chi connectivity index (χ2n) is 29.9. The highest BCUT2D eigenvalue weighted by Gasteiger charge is 2.49. The smallest absolute Gasteiger partial charge is 0.326 e. The third kappa shape index (κ3) is 20.3. The molecule has 6 heterocycles.